The minimum atomic E-state index is -0.405. The molecule has 0 aromatic heterocycles. The fourth-order valence-corrected chi connectivity index (χ4v) is 2.32. The van der Waals surface area contributed by atoms with Crippen molar-refractivity contribution < 1.29 is 9.53 Å². The number of hydrogen-bond acceptors (Lipinski definition) is 3. The molecule has 1 saturated heterocycles. The lowest BCUT2D eigenvalue weighted by molar-refractivity contribution is -0.135. The van der Waals surface area contributed by atoms with Crippen LogP contribution >= 0.6 is 0 Å². The van der Waals surface area contributed by atoms with Crippen molar-refractivity contribution in [2.45, 2.75) is 31.0 Å². The van der Waals surface area contributed by atoms with E-state index < -0.39 is 5.91 Å². The van der Waals surface area contributed by atoms with E-state index in [4.69, 9.17) is 16.9 Å². The highest BCUT2D eigenvalue weighted by atomic mass is 16.5. The van der Waals surface area contributed by atoms with Crippen LogP contribution < -0.4 is 11.1 Å². The minimum absolute atomic E-state index is 0.00222. The Morgan fingerprint density at radius 2 is 2.43 bits per heavy atom. The fraction of sp³-hybridized carbons (Fsp3) is 0.700. The topological polar surface area (TPSA) is 64.4 Å². The van der Waals surface area contributed by atoms with Crippen LogP contribution in [0.2, 0.25) is 0 Å². The second-order valence-corrected chi connectivity index (χ2v) is 3.86. The predicted molar refractivity (Wildman–Crippen MR) is 51.2 cm³/mol. The van der Waals surface area contributed by atoms with Gasteiger partial charge in [0.1, 0.15) is 0 Å². The summed E-state index contributed by atoms with van der Waals surface area (Å²) < 4.78 is 5.54. The lowest BCUT2D eigenvalue weighted by Crippen LogP contribution is -2.72. The summed E-state index contributed by atoms with van der Waals surface area (Å²) in [5, 5.41) is 2.69. The first kappa shape index (κ1) is 9.50. The van der Waals surface area contributed by atoms with Crippen LogP contribution in [-0.2, 0) is 9.53 Å². The Hall–Kier alpha value is -1.05. The molecule has 1 heterocycles. The second-order valence-electron chi connectivity index (χ2n) is 3.86. The maximum absolute atomic E-state index is 11.0. The summed E-state index contributed by atoms with van der Waals surface area (Å²) in [6.45, 7) is 0.760. The SMILES string of the molecule is C#CC(=O)NC1C(N)C2CCCOC21. The number of fused-ring (bicyclic) bond motifs is 1. The Kier molecular flexibility index (Phi) is 2.44. The zero-order valence-corrected chi connectivity index (χ0v) is 7.90. The first-order valence-electron chi connectivity index (χ1n) is 4.88. The summed E-state index contributed by atoms with van der Waals surface area (Å²) >= 11 is 0. The summed E-state index contributed by atoms with van der Waals surface area (Å²) in [4.78, 5) is 11.0. The summed E-state index contributed by atoms with van der Waals surface area (Å²) in [5.74, 6) is 2.01. The summed E-state index contributed by atoms with van der Waals surface area (Å²) in [7, 11) is 0. The molecule has 76 valence electrons. The highest BCUT2D eigenvalue weighted by Crippen LogP contribution is 2.36. The van der Waals surface area contributed by atoms with Crippen LogP contribution in [0.4, 0.5) is 0 Å². The van der Waals surface area contributed by atoms with Crippen molar-refractivity contribution in [2.24, 2.45) is 11.7 Å². The van der Waals surface area contributed by atoms with Crippen LogP contribution in [0.25, 0.3) is 0 Å². The number of ether oxygens (including phenoxy) is 1. The van der Waals surface area contributed by atoms with E-state index in [0.717, 1.165) is 19.4 Å². The van der Waals surface area contributed by atoms with Crippen molar-refractivity contribution in [1.29, 1.82) is 0 Å². The molecule has 2 fully saturated rings. The van der Waals surface area contributed by atoms with Gasteiger partial charge in [0.25, 0.3) is 5.91 Å². The van der Waals surface area contributed by atoms with Crippen molar-refractivity contribution >= 4 is 5.91 Å². The number of hydrogen-bond donors (Lipinski definition) is 2. The number of amides is 1. The summed E-state index contributed by atoms with van der Waals surface area (Å²) in [6, 6.07) is -0.0959. The van der Waals surface area contributed by atoms with Gasteiger partial charge in [0.15, 0.2) is 0 Å². The molecular formula is C10H14N2O2. The molecule has 1 amide bonds. The van der Waals surface area contributed by atoms with Gasteiger partial charge in [-0.25, -0.2) is 0 Å². The van der Waals surface area contributed by atoms with Gasteiger partial charge in [-0.05, 0) is 18.8 Å². The molecule has 1 aliphatic heterocycles. The fourth-order valence-electron chi connectivity index (χ4n) is 2.32. The Balaban J connectivity index is 1.94. The van der Waals surface area contributed by atoms with Crippen molar-refractivity contribution in [3.8, 4) is 12.3 Å². The van der Waals surface area contributed by atoms with E-state index in [1.807, 2.05) is 5.92 Å². The first-order valence-corrected chi connectivity index (χ1v) is 4.88. The van der Waals surface area contributed by atoms with Gasteiger partial charge in [-0.2, -0.15) is 0 Å². The normalized spacial score (nSPS) is 40.3. The van der Waals surface area contributed by atoms with Crippen LogP contribution in [0, 0.1) is 18.3 Å². The Morgan fingerprint density at radius 1 is 1.64 bits per heavy atom. The standard InChI is InChI=1S/C10H14N2O2/c1-2-7(13)12-9-8(11)6-4-3-5-14-10(6)9/h1,6,8-10H,3-5,11H2,(H,12,13). The average molecular weight is 194 g/mol. The van der Waals surface area contributed by atoms with E-state index >= 15 is 0 Å². The third-order valence-electron chi connectivity index (χ3n) is 3.11. The largest absolute Gasteiger partial charge is 0.376 e. The van der Waals surface area contributed by atoms with Gasteiger partial charge >= 0.3 is 0 Å². The highest BCUT2D eigenvalue weighted by Gasteiger charge is 2.50. The zero-order valence-electron chi connectivity index (χ0n) is 7.90. The van der Waals surface area contributed by atoms with E-state index in [1.54, 1.807) is 0 Å². The van der Waals surface area contributed by atoms with Gasteiger partial charge in [0.2, 0.25) is 0 Å². The highest BCUT2D eigenvalue weighted by molar-refractivity contribution is 5.93. The van der Waals surface area contributed by atoms with Crippen LogP contribution in [0.3, 0.4) is 0 Å². The Bertz CT molecular complexity index is 284. The number of rotatable bonds is 1. The lowest BCUT2D eigenvalue weighted by atomic mass is 9.68. The summed E-state index contributed by atoms with van der Waals surface area (Å²) in [5.41, 5.74) is 5.92. The number of nitrogens with one attached hydrogen (secondary N) is 1. The molecule has 0 aromatic rings. The molecule has 4 unspecified atom stereocenters. The Morgan fingerprint density at radius 3 is 3.14 bits per heavy atom. The summed E-state index contributed by atoms with van der Waals surface area (Å²) in [6.07, 6.45) is 7.20. The van der Waals surface area contributed by atoms with Crippen molar-refractivity contribution in [3.05, 3.63) is 0 Å². The van der Waals surface area contributed by atoms with Gasteiger partial charge in [0, 0.05) is 18.6 Å². The molecule has 14 heavy (non-hydrogen) atoms. The predicted octanol–water partition coefficient (Wildman–Crippen LogP) is -0.760. The molecule has 0 spiro atoms. The number of carbonyl (C=O) groups excluding carboxylic acids is 1. The molecule has 0 aromatic carbocycles. The molecule has 2 rings (SSSR count). The van der Waals surface area contributed by atoms with Crippen molar-refractivity contribution in [2.75, 3.05) is 6.61 Å². The molecule has 4 atom stereocenters. The maximum Gasteiger partial charge on any atom is 0.295 e. The van der Waals surface area contributed by atoms with E-state index in [2.05, 4.69) is 5.32 Å². The molecule has 2 aliphatic rings. The smallest absolute Gasteiger partial charge is 0.295 e. The third-order valence-corrected chi connectivity index (χ3v) is 3.11. The molecule has 0 bridgehead atoms. The monoisotopic (exact) mass is 194 g/mol. The minimum Gasteiger partial charge on any atom is -0.376 e. The number of terminal acetylenes is 1. The quantitative estimate of drug-likeness (QED) is 0.539. The zero-order chi connectivity index (χ0) is 10.1. The Labute approximate surface area is 83.2 Å². The molecule has 1 saturated carbocycles. The van der Waals surface area contributed by atoms with Gasteiger partial charge in [-0.1, -0.05) is 0 Å². The van der Waals surface area contributed by atoms with Gasteiger partial charge in [-0.3, -0.25) is 4.79 Å². The van der Waals surface area contributed by atoms with Crippen molar-refractivity contribution in [3.63, 3.8) is 0 Å². The maximum atomic E-state index is 11.0. The molecule has 0 radical (unpaired) electrons. The number of nitrogens with two attached hydrogens (primary N) is 1. The van der Waals surface area contributed by atoms with Crippen LogP contribution in [-0.4, -0.2) is 30.7 Å². The van der Waals surface area contributed by atoms with Gasteiger partial charge < -0.3 is 15.8 Å². The molecular weight excluding hydrogens is 180 g/mol. The van der Waals surface area contributed by atoms with Crippen LogP contribution in [0.1, 0.15) is 12.8 Å². The van der Waals surface area contributed by atoms with E-state index in [-0.39, 0.29) is 18.2 Å². The third kappa shape index (κ3) is 1.39. The van der Waals surface area contributed by atoms with Gasteiger partial charge in [0.05, 0.1) is 12.1 Å². The van der Waals surface area contributed by atoms with E-state index in [9.17, 15) is 4.79 Å². The van der Waals surface area contributed by atoms with Crippen LogP contribution in [0.15, 0.2) is 0 Å². The average Bonchev–Trinajstić information content (AvgIpc) is 2.25. The molecule has 3 N–H and O–H groups in total. The van der Waals surface area contributed by atoms with E-state index in [1.165, 1.54) is 0 Å². The van der Waals surface area contributed by atoms with Gasteiger partial charge in [-0.15, -0.1) is 6.42 Å². The second kappa shape index (κ2) is 3.60. The first-order chi connectivity index (χ1) is 6.74. The van der Waals surface area contributed by atoms with E-state index in [0.29, 0.717) is 5.92 Å². The van der Waals surface area contributed by atoms with Crippen LogP contribution in [0.5, 0.6) is 0 Å². The lowest BCUT2D eigenvalue weighted by Gasteiger charge is -2.52. The molecule has 1 aliphatic carbocycles. The van der Waals surface area contributed by atoms with Crippen molar-refractivity contribution in [1.82, 2.24) is 5.32 Å². The molecule has 4 heteroatoms. The number of carbonyl (C=O) groups is 1. The molecule has 4 nitrogen and oxygen atoms in total.